The molecule has 0 bridgehead atoms. The molecule has 18 heteroatoms. The quantitative estimate of drug-likeness (QED) is 0.573. The molecule has 0 aliphatic carbocycles. The van der Waals surface area contributed by atoms with Gasteiger partial charge in [-0.25, -0.2) is 4.74 Å². The van der Waals surface area contributed by atoms with Crippen molar-refractivity contribution in [2.75, 3.05) is 0 Å². The lowest BCUT2D eigenvalue weighted by Crippen LogP contribution is -2.65. The maximum Gasteiger partial charge on any atom is 0.483 e. The Morgan fingerprint density at radius 1 is 0.320 bits per heavy atom. The van der Waals surface area contributed by atoms with Gasteiger partial charge in [0, 0.05) is 0 Å². The first-order valence-electron chi connectivity index (χ1n) is 4.84. The molecule has 0 spiro atoms. The molecule has 25 heavy (non-hydrogen) atoms. The third-order valence-corrected chi connectivity index (χ3v) is 1.92. The second-order valence-electron chi connectivity index (χ2n) is 3.84. The van der Waals surface area contributed by atoms with Crippen molar-refractivity contribution in [3.05, 3.63) is 0 Å². The zero-order chi connectivity index (χ0) is 20.9. The van der Waals surface area contributed by atoms with Crippen molar-refractivity contribution in [3.8, 4) is 0 Å². The summed E-state index contributed by atoms with van der Waals surface area (Å²) in [5.74, 6) is -7.76. The molecule has 2 nitrogen and oxygen atoms in total. The summed E-state index contributed by atoms with van der Waals surface area (Å²) in [7, 11) is 0. The van der Waals surface area contributed by atoms with Crippen LogP contribution in [-0.2, 0) is 9.47 Å². The third kappa shape index (κ3) is 4.50. The van der Waals surface area contributed by atoms with E-state index in [4.69, 9.17) is 0 Å². The lowest BCUT2D eigenvalue weighted by atomic mass is 10.2. The van der Waals surface area contributed by atoms with Gasteiger partial charge in [0.15, 0.2) is 0 Å². The zero-order valence-corrected chi connectivity index (χ0v) is 10.4. The average Bonchev–Trinajstić information content (AvgIpc) is 2.21. The number of ether oxygens (including phenoxy) is 2. The van der Waals surface area contributed by atoms with Gasteiger partial charge in [0.25, 0.3) is 0 Å². The van der Waals surface area contributed by atoms with Crippen molar-refractivity contribution in [1.82, 2.24) is 0 Å². The third-order valence-electron chi connectivity index (χ3n) is 1.92. The van der Waals surface area contributed by atoms with Gasteiger partial charge in [-0.05, 0) is 0 Å². The predicted octanol–water partition coefficient (Wildman–Crippen LogP) is 5.15. The first-order valence-corrected chi connectivity index (χ1v) is 4.84. The van der Waals surface area contributed by atoms with E-state index in [1.54, 1.807) is 0 Å². The van der Waals surface area contributed by atoms with Crippen LogP contribution in [0, 0.1) is 0 Å². The summed E-state index contributed by atoms with van der Waals surface area (Å²) < 4.78 is 196. The Morgan fingerprint density at radius 3 is 0.840 bits per heavy atom. The molecule has 0 rings (SSSR count). The predicted molar refractivity (Wildman–Crippen MR) is 39.0 cm³/mol. The highest BCUT2D eigenvalue weighted by Crippen LogP contribution is 2.54. The number of rotatable bonds is 5. The molecular formula is C7F16O2. The maximum atomic E-state index is 13.1. The van der Waals surface area contributed by atoms with Gasteiger partial charge < -0.3 is 0 Å². The lowest BCUT2D eigenvalue weighted by molar-refractivity contribution is -0.560. The molecule has 0 amide bonds. The highest BCUT2D eigenvalue weighted by Gasteiger charge is 2.82. The first-order chi connectivity index (χ1) is 10.4. The molecule has 0 aromatic rings. The van der Waals surface area contributed by atoms with E-state index in [9.17, 15) is 70.2 Å². The van der Waals surface area contributed by atoms with Gasteiger partial charge in [-0.15, -0.1) is 0 Å². The Hall–Kier alpha value is -1.20. The zero-order valence-electron chi connectivity index (χ0n) is 10.4. The van der Waals surface area contributed by atoms with E-state index in [1.807, 2.05) is 0 Å². The summed E-state index contributed by atoms with van der Waals surface area (Å²) in [4.78, 5) is 0. The first kappa shape index (κ1) is 23.8. The minimum Gasteiger partial charge on any atom is -0.260 e. The Kier molecular flexibility index (Phi) is 5.63. The average molecular weight is 420 g/mol. The molecule has 0 radical (unpaired) electrons. The van der Waals surface area contributed by atoms with Crippen LogP contribution in [0.3, 0.4) is 0 Å². The van der Waals surface area contributed by atoms with Gasteiger partial charge in [-0.1, -0.05) is 0 Å². The molecule has 152 valence electrons. The summed E-state index contributed by atoms with van der Waals surface area (Å²) in [5, 5.41) is 0. The van der Waals surface area contributed by atoms with Crippen LogP contribution in [0.1, 0.15) is 0 Å². The number of hydrogen-bond donors (Lipinski definition) is 0. The summed E-state index contributed by atoms with van der Waals surface area (Å²) in [6.45, 7) is 0. The van der Waals surface area contributed by atoms with E-state index >= 15 is 0 Å². The van der Waals surface area contributed by atoms with Crippen LogP contribution in [0.15, 0.2) is 0 Å². The molecule has 1 unspecified atom stereocenters. The Bertz CT molecular complexity index is 470. The fourth-order valence-electron chi connectivity index (χ4n) is 0.801. The second-order valence-corrected chi connectivity index (χ2v) is 3.84. The highest BCUT2D eigenvalue weighted by molar-refractivity contribution is 4.90. The van der Waals surface area contributed by atoms with Crippen molar-refractivity contribution in [2.24, 2.45) is 0 Å². The SMILES string of the molecule is FC(F)(F)C(F)(F)OC(F)(F)C(F)(OC(F)(F)C(F)(F)F)C(F)(F)F. The number of alkyl halides is 16. The normalized spacial score (nSPS) is 18.2. The maximum absolute atomic E-state index is 13.1. The van der Waals surface area contributed by atoms with Crippen molar-refractivity contribution in [1.29, 1.82) is 0 Å². The minimum absolute atomic E-state index is 1.23. The fraction of sp³-hybridized carbons (Fsp3) is 1.00. The highest BCUT2D eigenvalue weighted by atomic mass is 19.4. The summed E-state index contributed by atoms with van der Waals surface area (Å²) >= 11 is 0. The molecule has 0 aliphatic rings. The van der Waals surface area contributed by atoms with E-state index in [2.05, 4.69) is 0 Å². The molecule has 0 saturated heterocycles. The van der Waals surface area contributed by atoms with Crippen LogP contribution in [-0.4, -0.2) is 42.7 Å². The minimum atomic E-state index is -7.76. The Labute approximate surface area is 124 Å². The Morgan fingerprint density at radius 2 is 0.600 bits per heavy atom. The van der Waals surface area contributed by atoms with E-state index in [0.29, 0.717) is 0 Å². The van der Waals surface area contributed by atoms with Gasteiger partial charge in [-0.3, -0.25) is 4.74 Å². The molecule has 1 atom stereocenters. The Balaban J connectivity index is 6.13. The molecule has 0 aliphatic heterocycles. The summed E-state index contributed by atoms with van der Waals surface area (Å²) in [6.07, 6.45) is -44.6. The fourth-order valence-corrected chi connectivity index (χ4v) is 0.801. The topological polar surface area (TPSA) is 18.5 Å². The van der Waals surface area contributed by atoms with Crippen LogP contribution in [0.5, 0.6) is 0 Å². The second kappa shape index (κ2) is 5.92. The van der Waals surface area contributed by atoms with Crippen LogP contribution in [0.2, 0.25) is 0 Å². The van der Waals surface area contributed by atoms with Gasteiger partial charge in [0.2, 0.25) is 0 Å². The molecule has 0 heterocycles. The van der Waals surface area contributed by atoms with Gasteiger partial charge in [-0.2, -0.15) is 70.2 Å². The van der Waals surface area contributed by atoms with Crippen LogP contribution in [0.4, 0.5) is 70.2 Å². The van der Waals surface area contributed by atoms with Crippen molar-refractivity contribution >= 4 is 0 Å². The van der Waals surface area contributed by atoms with Crippen molar-refractivity contribution in [3.63, 3.8) is 0 Å². The van der Waals surface area contributed by atoms with Crippen LogP contribution >= 0.6 is 0 Å². The standard InChI is InChI=1S/C7F16O2/c8-1(2(9,10)11,24-6(20,21)3(12,13)14)5(18,19)25-7(22,23)4(15,16)17. The van der Waals surface area contributed by atoms with Gasteiger partial charge in [0.05, 0.1) is 0 Å². The molecule has 0 aromatic carbocycles. The molecule has 0 fully saturated rings. The molecule has 0 aromatic heterocycles. The van der Waals surface area contributed by atoms with Gasteiger partial charge >= 0.3 is 42.7 Å². The van der Waals surface area contributed by atoms with E-state index in [-0.39, 0.29) is 0 Å². The molecule has 0 N–H and O–H groups in total. The monoisotopic (exact) mass is 420 g/mol. The smallest absolute Gasteiger partial charge is 0.260 e. The van der Waals surface area contributed by atoms with Gasteiger partial charge in [0.1, 0.15) is 0 Å². The van der Waals surface area contributed by atoms with Crippen molar-refractivity contribution in [2.45, 2.75) is 42.7 Å². The van der Waals surface area contributed by atoms with Crippen LogP contribution < -0.4 is 0 Å². The van der Waals surface area contributed by atoms with E-state index in [1.165, 1.54) is 9.47 Å². The van der Waals surface area contributed by atoms with E-state index in [0.717, 1.165) is 0 Å². The summed E-state index contributed by atoms with van der Waals surface area (Å²) in [5.41, 5.74) is 0. The number of hydrogen-bond acceptors (Lipinski definition) is 2. The van der Waals surface area contributed by atoms with E-state index < -0.39 is 42.7 Å². The summed E-state index contributed by atoms with van der Waals surface area (Å²) in [6, 6.07) is 0. The van der Waals surface area contributed by atoms with Crippen molar-refractivity contribution < 1.29 is 79.7 Å². The largest absolute Gasteiger partial charge is 0.483 e. The molecular weight excluding hydrogens is 420 g/mol. The lowest BCUT2D eigenvalue weighted by Gasteiger charge is -2.37. The van der Waals surface area contributed by atoms with Crippen LogP contribution in [0.25, 0.3) is 0 Å². The molecule has 0 saturated carbocycles. The number of halogens is 16.